The van der Waals surface area contributed by atoms with E-state index < -0.39 is 32.2 Å². The second kappa shape index (κ2) is 7.89. The molecule has 8 heteroatoms. The molecule has 0 N–H and O–H groups in total. The van der Waals surface area contributed by atoms with Gasteiger partial charge in [-0.05, 0) is 48.9 Å². The number of hydroxylamine groups is 1. The Morgan fingerprint density at radius 3 is 2.03 bits per heavy atom. The summed E-state index contributed by atoms with van der Waals surface area (Å²) in [6.45, 7) is 1.73. The van der Waals surface area contributed by atoms with E-state index in [0.29, 0.717) is 11.3 Å². The van der Waals surface area contributed by atoms with Crippen molar-refractivity contribution >= 4 is 21.2 Å². The molecular weight excluding hydrogens is 404 g/mol. The van der Waals surface area contributed by atoms with Crippen molar-refractivity contribution in [3.63, 3.8) is 0 Å². The highest BCUT2D eigenvalue weighted by Crippen LogP contribution is 2.43. The fraction of sp³-hybridized carbons (Fsp3) is 0.182. The lowest BCUT2D eigenvalue weighted by atomic mass is 10.0. The quantitative estimate of drug-likeness (QED) is 0.448. The molecule has 1 saturated heterocycles. The molecular formula is C22H20N2O5S. The first-order valence-corrected chi connectivity index (χ1v) is 11.0. The van der Waals surface area contributed by atoms with Gasteiger partial charge in [-0.3, -0.25) is 15.0 Å². The fourth-order valence-corrected chi connectivity index (χ4v) is 5.81. The maximum atomic E-state index is 13.6. The third-order valence-corrected chi connectivity index (χ3v) is 7.48. The van der Waals surface area contributed by atoms with Crippen LogP contribution in [0.5, 0.6) is 0 Å². The molecule has 3 atom stereocenters. The Kier molecular flexibility index (Phi) is 5.27. The van der Waals surface area contributed by atoms with Gasteiger partial charge in [0.05, 0.1) is 15.5 Å². The first-order valence-electron chi connectivity index (χ1n) is 9.44. The average molecular weight is 424 g/mol. The van der Waals surface area contributed by atoms with Gasteiger partial charge in [0.1, 0.15) is 17.4 Å². The van der Waals surface area contributed by atoms with Crippen LogP contribution in [0.1, 0.15) is 18.5 Å². The topological polar surface area (TPSA) is 89.8 Å². The van der Waals surface area contributed by atoms with Crippen molar-refractivity contribution < 1.29 is 18.2 Å². The smallest absolute Gasteiger partial charge is 0.268 e. The number of benzene rings is 3. The summed E-state index contributed by atoms with van der Waals surface area (Å²) in [5, 5.41) is 11.7. The van der Waals surface area contributed by atoms with E-state index in [4.69, 9.17) is 4.84 Å². The van der Waals surface area contributed by atoms with Gasteiger partial charge >= 0.3 is 0 Å². The van der Waals surface area contributed by atoms with Gasteiger partial charge < -0.3 is 0 Å². The third-order valence-electron chi connectivity index (χ3n) is 5.19. The van der Waals surface area contributed by atoms with Crippen LogP contribution in [0.2, 0.25) is 0 Å². The molecule has 3 aromatic carbocycles. The standard InChI is InChI=1S/C22H20N2O5S/c1-16-22(30(27,28)20-10-6-3-7-11-20)21(17-12-14-19(15-13-17)24(25)26)23(29-16)18-8-4-2-5-9-18/h2-16,21-22H,1H3/t16-,21+,22-/m0/s1. The number of nitro groups is 1. The van der Waals surface area contributed by atoms with Crippen LogP contribution in [0.15, 0.2) is 89.8 Å². The highest BCUT2D eigenvalue weighted by molar-refractivity contribution is 7.92. The van der Waals surface area contributed by atoms with Gasteiger partial charge in [-0.1, -0.05) is 36.4 Å². The van der Waals surface area contributed by atoms with Gasteiger partial charge in [-0.2, -0.15) is 0 Å². The molecule has 0 bridgehead atoms. The minimum Gasteiger partial charge on any atom is -0.268 e. The van der Waals surface area contributed by atoms with Crippen molar-refractivity contribution in [1.82, 2.24) is 0 Å². The van der Waals surface area contributed by atoms with Gasteiger partial charge in [-0.25, -0.2) is 13.5 Å². The minimum absolute atomic E-state index is 0.0561. The van der Waals surface area contributed by atoms with E-state index in [0.717, 1.165) is 0 Å². The Bertz CT molecular complexity index is 1140. The highest BCUT2D eigenvalue weighted by Gasteiger charge is 2.50. The molecule has 4 rings (SSSR count). The third kappa shape index (κ3) is 3.55. The van der Waals surface area contributed by atoms with E-state index in [9.17, 15) is 18.5 Å². The maximum absolute atomic E-state index is 13.6. The average Bonchev–Trinajstić information content (AvgIpc) is 3.13. The lowest BCUT2D eigenvalue weighted by Crippen LogP contribution is -2.34. The van der Waals surface area contributed by atoms with Crippen LogP contribution in [0.4, 0.5) is 11.4 Å². The zero-order chi connectivity index (χ0) is 21.3. The van der Waals surface area contributed by atoms with Crippen molar-refractivity contribution in [3.8, 4) is 0 Å². The molecule has 154 valence electrons. The van der Waals surface area contributed by atoms with Crippen molar-refractivity contribution in [2.45, 2.75) is 29.2 Å². The summed E-state index contributed by atoms with van der Waals surface area (Å²) >= 11 is 0. The highest BCUT2D eigenvalue weighted by atomic mass is 32.2. The van der Waals surface area contributed by atoms with Gasteiger partial charge in [-0.15, -0.1) is 0 Å². The van der Waals surface area contributed by atoms with Crippen molar-refractivity contribution in [2.75, 3.05) is 5.06 Å². The van der Waals surface area contributed by atoms with E-state index in [1.165, 1.54) is 12.1 Å². The Labute approximate surface area is 174 Å². The Hall–Kier alpha value is -3.23. The molecule has 1 aliphatic rings. The molecule has 1 heterocycles. The summed E-state index contributed by atoms with van der Waals surface area (Å²) in [6.07, 6.45) is -0.629. The number of hydrogen-bond acceptors (Lipinski definition) is 6. The van der Waals surface area contributed by atoms with Gasteiger partial charge in [0.2, 0.25) is 0 Å². The molecule has 0 aliphatic carbocycles. The van der Waals surface area contributed by atoms with Crippen LogP contribution >= 0.6 is 0 Å². The SMILES string of the molecule is C[C@@H]1ON(c2ccccc2)[C@H](c2ccc([N+](=O)[O-])cc2)[C@H]1S(=O)(=O)c1ccccc1. The van der Waals surface area contributed by atoms with Crippen molar-refractivity contribution in [1.29, 1.82) is 0 Å². The van der Waals surface area contributed by atoms with Crippen LogP contribution in [-0.4, -0.2) is 24.7 Å². The number of sulfone groups is 1. The van der Waals surface area contributed by atoms with Gasteiger partial charge in [0.25, 0.3) is 5.69 Å². The summed E-state index contributed by atoms with van der Waals surface area (Å²) in [5.74, 6) is 0. The van der Waals surface area contributed by atoms with Crippen LogP contribution in [0.25, 0.3) is 0 Å². The minimum atomic E-state index is -3.75. The number of nitro benzene ring substituents is 1. The van der Waals surface area contributed by atoms with E-state index >= 15 is 0 Å². The second-order valence-electron chi connectivity index (χ2n) is 7.09. The van der Waals surface area contributed by atoms with Crippen LogP contribution in [0, 0.1) is 10.1 Å². The molecule has 3 aromatic rings. The zero-order valence-corrected chi connectivity index (χ0v) is 17.0. The Morgan fingerprint density at radius 1 is 0.900 bits per heavy atom. The number of rotatable bonds is 5. The normalized spacial score (nSPS) is 21.5. The lowest BCUT2D eigenvalue weighted by Gasteiger charge is -2.27. The first kappa shape index (κ1) is 20.1. The van der Waals surface area contributed by atoms with Crippen molar-refractivity contribution in [3.05, 3.63) is 101 Å². The predicted octanol–water partition coefficient (Wildman–Crippen LogP) is 4.32. The monoisotopic (exact) mass is 424 g/mol. The number of anilines is 1. The van der Waals surface area contributed by atoms with E-state index in [2.05, 4.69) is 0 Å². The van der Waals surface area contributed by atoms with E-state index in [-0.39, 0.29) is 10.6 Å². The molecule has 0 saturated carbocycles. The Balaban J connectivity index is 1.84. The molecule has 0 spiro atoms. The lowest BCUT2D eigenvalue weighted by molar-refractivity contribution is -0.384. The molecule has 0 unspecified atom stereocenters. The summed E-state index contributed by atoms with van der Waals surface area (Å²) in [7, 11) is -3.75. The summed E-state index contributed by atoms with van der Waals surface area (Å²) < 4.78 is 27.1. The molecule has 0 aromatic heterocycles. The van der Waals surface area contributed by atoms with Crippen molar-refractivity contribution in [2.24, 2.45) is 0 Å². The summed E-state index contributed by atoms with van der Waals surface area (Å²) in [5.41, 5.74) is 1.27. The largest absolute Gasteiger partial charge is 0.269 e. The zero-order valence-electron chi connectivity index (χ0n) is 16.2. The van der Waals surface area contributed by atoms with Gasteiger partial charge in [0.15, 0.2) is 9.84 Å². The number of nitrogens with zero attached hydrogens (tertiary/aromatic N) is 2. The molecule has 1 aliphatic heterocycles. The first-order chi connectivity index (χ1) is 14.4. The summed E-state index contributed by atoms with van der Waals surface area (Å²) in [4.78, 5) is 16.8. The fourth-order valence-electron chi connectivity index (χ4n) is 3.80. The second-order valence-corrected chi connectivity index (χ2v) is 9.19. The van der Waals surface area contributed by atoms with E-state index in [1.807, 2.05) is 30.3 Å². The molecule has 0 radical (unpaired) electrons. The van der Waals surface area contributed by atoms with Crippen LogP contribution in [-0.2, 0) is 14.7 Å². The molecule has 1 fully saturated rings. The molecule has 7 nitrogen and oxygen atoms in total. The van der Waals surface area contributed by atoms with Gasteiger partial charge in [0, 0.05) is 12.1 Å². The molecule has 0 amide bonds. The van der Waals surface area contributed by atoms with Crippen LogP contribution in [0.3, 0.4) is 0 Å². The number of para-hydroxylation sites is 1. The predicted molar refractivity (Wildman–Crippen MR) is 113 cm³/mol. The Morgan fingerprint density at radius 2 is 1.47 bits per heavy atom. The maximum Gasteiger partial charge on any atom is 0.269 e. The number of hydrogen-bond donors (Lipinski definition) is 0. The van der Waals surface area contributed by atoms with E-state index in [1.54, 1.807) is 54.5 Å². The summed E-state index contributed by atoms with van der Waals surface area (Å²) in [6, 6.07) is 22.8. The van der Waals surface area contributed by atoms with Crippen LogP contribution < -0.4 is 5.06 Å². The molecule has 30 heavy (non-hydrogen) atoms. The number of non-ortho nitro benzene ring substituents is 1.